The molecule has 0 saturated heterocycles. The highest BCUT2D eigenvalue weighted by Crippen LogP contribution is 2.21. The zero-order valence-electron chi connectivity index (χ0n) is 14.7. The van der Waals surface area contributed by atoms with E-state index in [9.17, 15) is 9.59 Å². The number of carbonyl (C=O) groups is 1. The van der Waals surface area contributed by atoms with E-state index in [1.165, 1.54) is 6.07 Å². The van der Waals surface area contributed by atoms with Gasteiger partial charge in [0, 0.05) is 11.5 Å². The highest BCUT2D eigenvalue weighted by Gasteiger charge is 2.10. The highest BCUT2D eigenvalue weighted by atomic mass is 16.5. The Hall–Kier alpha value is -3.08. The minimum atomic E-state index is -0.463. The Kier molecular flexibility index (Phi) is 5.37. The van der Waals surface area contributed by atoms with E-state index in [-0.39, 0.29) is 0 Å². The van der Waals surface area contributed by atoms with Crippen LogP contribution in [0.1, 0.15) is 30.6 Å². The zero-order chi connectivity index (χ0) is 18.5. The lowest BCUT2D eigenvalue weighted by molar-refractivity contribution is 0.0735. The molecule has 0 spiro atoms. The summed E-state index contributed by atoms with van der Waals surface area (Å²) < 4.78 is 16.1. The molecule has 0 N–H and O–H groups in total. The van der Waals surface area contributed by atoms with Crippen molar-refractivity contribution in [3.05, 3.63) is 70.6 Å². The van der Waals surface area contributed by atoms with Crippen molar-refractivity contribution in [1.29, 1.82) is 0 Å². The molecular weight excluding hydrogens is 332 g/mol. The number of ether oxygens (including phenoxy) is 2. The smallest absolute Gasteiger partial charge is 0.343 e. The topological polar surface area (TPSA) is 65.7 Å². The third-order valence-corrected chi connectivity index (χ3v) is 4.12. The van der Waals surface area contributed by atoms with Crippen LogP contribution in [0.15, 0.2) is 63.8 Å². The van der Waals surface area contributed by atoms with Gasteiger partial charge in [-0.15, -0.1) is 0 Å². The first-order valence-electron chi connectivity index (χ1n) is 8.54. The summed E-state index contributed by atoms with van der Waals surface area (Å²) in [6, 6.07) is 14.7. The van der Waals surface area contributed by atoms with Gasteiger partial charge in [0.2, 0.25) is 0 Å². The number of rotatable bonds is 6. The molecule has 5 nitrogen and oxygen atoms in total. The molecule has 0 aliphatic rings. The minimum Gasteiger partial charge on any atom is -0.493 e. The van der Waals surface area contributed by atoms with Gasteiger partial charge in [0.1, 0.15) is 17.1 Å². The molecule has 0 bridgehead atoms. The SMILES string of the molecule is CC[C@H](C)COc1ccc(C(=O)Oc2ccc3oc(=O)ccc3c2)cc1. The van der Waals surface area contributed by atoms with E-state index in [1.54, 1.807) is 48.5 Å². The first-order valence-corrected chi connectivity index (χ1v) is 8.54. The number of hydrogen-bond donors (Lipinski definition) is 0. The molecule has 26 heavy (non-hydrogen) atoms. The number of hydrogen-bond acceptors (Lipinski definition) is 5. The summed E-state index contributed by atoms with van der Waals surface area (Å²) in [4.78, 5) is 23.5. The molecule has 0 aliphatic heterocycles. The second-order valence-corrected chi connectivity index (χ2v) is 6.19. The molecule has 0 saturated carbocycles. The maximum atomic E-state index is 12.3. The van der Waals surface area contributed by atoms with Crippen LogP contribution < -0.4 is 15.1 Å². The number of benzene rings is 2. The minimum absolute atomic E-state index is 0.383. The number of esters is 1. The fourth-order valence-electron chi connectivity index (χ4n) is 2.32. The average molecular weight is 352 g/mol. The van der Waals surface area contributed by atoms with Gasteiger partial charge >= 0.3 is 11.6 Å². The maximum Gasteiger partial charge on any atom is 0.343 e. The van der Waals surface area contributed by atoms with Crippen molar-refractivity contribution in [1.82, 2.24) is 0 Å². The Labute approximate surface area is 151 Å². The molecule has 1 aromatic heterocycles. The van der Waals surface area contributed by atoms with Crippen molar-refractivity contribution in [2.24, 2.45) is 5.92 Å². The van der Waals surface area contributed by atoms with Gasteiger partial charge in [0.05, 0.1) is 12.2 Å². The van der Waals surface area contributed by atoms with Gasteiger partial charge in [-0.25, -0.2) is 9.59 Å². The van der Waals surface area contributed by atoms with Crippen molar-refractivity contribution in [2.45, 2.75) is 20.3 Å². The van der Waals surface area contributed by atoms with E-state index >= 15 is 0 Å². The van der Waals surface area contributed by atoms with Gasteiger partial charge in [-0.3, -0.25) is 0 Å². The normalized spacial score (nSPS) is 11.9. The molecular formula is C21H20O5. The maximum absolute atomic E-state index is 12.3. The predicted molar refractivity (Wildman–Crippen MR) is 98.8 cm³/mol. The zero-order valence-corrected chi connectivity index (χ0v) is 14.7. The summed E-state index contributed by atoms with van der Waals surface area (Å²) >= 11 is 0. The quantitative estimate of drug-likeness (QED) is 0.373. The molecule has 3 rings (SSSR count). The fourth-order valence-corrected chi connectivity index (χ4v) is 2.32. The Morgan fingerprint density at radius 3 is 2.50 bits per heavy atom. The van der Waals surface area contributed by atoms with E-state index in [2.05, 4.69) is 13.8 Å². The summed E-state index contributed by atoms with van der Waals surface area (Å²) in [5.74, 6) is 1.13. The van der Waals surface area contributed by atoms with Crippen LogP contribution in [0.2, 0.25) is 0 Å². The Morgan fingerprint density at radius 1 is 1.04 bits per heavy atom. The summed E-state index contributed by atoms with van der Waals surface area (Å²) in [5, 5.41) is 0.684. The predicted octanol–water partition coefficient (Wildman–Crippen LogP) is 4.44. The number of fused-ring (bicyclic) bond motifs is 1. The van der Waals surface area contributed by atoms with Crippen LogP contribution in [0.5, 0.6) is 11.5 Å². The van der Waals surface area contributed by atoms with Crippen LogP contribution in [0, 0.1) is 5.92 Å². The van der Waals surface area contributed by atoms with Crippen LogP contribution in [0.25, 0.3) is 11.0 Å². The second kappa shape index (κ2) is 7.87. The van der Waals surface area contributed by atoms with Crippen molar-refractivity contribution in [3.63, 3.8) is 0 Å². The van der Waals surface area contributed by atoms with Gasteiger partial charge in [0.25, 0.3) is 0 Å². The molecule has 0 aliphatic carbocycles. The van der Waals surface area contributed by atoms with Crippen LogP contribution in [0.4, 0.5) is 0 Å². The molecule has 0 fully saturated rings. The highest BCUT2D eigenvalue weighted by molar-refractivity contribution is 5.91. The van der Waals surface area contributed by atoms with Crippen molar-refractivity contribution in [2.75, 3.05) is 6.61 Å². The second-order valence-electron chi connectivity index (χ2n) is 6.19. The van der Waals surface area contributed by atoms with Crippen LogP contribution in [-0.4, -0.2) is 12.6 Å². The van der Waals surface area contributed by atoms with E-state index in [0.29, 0.717) is 34.8 Å². The van der Waals surface area contributed by atoms with Crippen molar-refractivity contribution >= 4 is 16.9 Å². The van der Waals surface area contributed by atoms with Gasteiger partial charge in [-0.05, 0) is 54.4 Å². The largest absolute Gasteiger partial charge is 0.493 e. The molecule has 3 aromatic rings. The van der Waals surface area contributed by atoms with Gasteiger partial charge in [-0.2, -0.15) is 0 Å². The summed E-state index contributed by atoms with van der Waals surface area (Å²) in [5.41, 5.74) is 0.457. The van der Waals surface area contributed by atoms with Crippen LogP contribution in [0.3, 0.4) is 0 Å². The van der Waals surface area contributed by atoms with E-state index in [0.717, 1.165) is 12.2 Å². The van der Waals surface area contributed by atoms with E-state index < -0.39 is 11.6 Å². The van der Waals surface area contributed by atoms with Gasteiger partial charge in [0.15, 0.2) is 0 Å². The lowest BCUT2D eigenvalue weighted by Crippen LogP contribution is -2.09. The summed E-state index contributed by atoms with van der Waals surface area (Å²) in [6.07, 6.45) is 1.06. The molecule has 5 heteroatoms. The lowest BCUT2D eigenvalue weighted by Gasteiger charge is -2.11. The summed E-state index contributed by atoms with van der Waals surface area (Å²) in [6.45, 7) is 4.89. The van der Waals surface area contributed by atoms with Gasteiger partial charge < -0.3 is 13.9 Å². The third kappa shape index (κ3) is 4.30. The van der Waals surface area contributed by atoms with Gasteiger partial charge in [-0.1, -0.05) is 20.3 Å². The molecule has 0 radical (unpaired) electrons. The summed E-state index contributed by atoms with van der Waals surface area (Å²) in [7, 11) is 0. The Morgan fingerprint density at radius 2 is 1.77 bits per heavy atom. The van der Waals surface area contributed by atoms with E-state index in [4.69, 9.17) is 13.9 Å². The standard InChI is InChI=1S/C21H20O5/c1-3-14(2)13-24-17-7-4-15(5-8-17)21(23)25-18-9-10-19-16(12-18)6-11-20(22)26-19/h4-12,14H,3,13H2,1-2H3/t14-/m0/s1. The third-order valence-electron chi connectivity index (χ3n) is 4.12. The molecule has 0 amide bonds. The van der Waals surface area contributed by atoms with E-state index in [1.807, 2.05) is 0 Å². The average Bonchev–Trinajstić information content (AvgIpc) is 2.66. The monoisotopic (exact) mass is 352 g/mol. The molecule has 0 unspecified atom stereocenters. The fraction of sp³-hybridized carbons (Fsp3) is 0.238. The first-order chi connectivity index (χ1) is 12.5. The molecule has 2 aromatic carbocycles. The molecule has 1 heterocycles. The Bertz CT molecular complexity index is 956. The Balaban J connectivity index is 1.67. The lowest BCUT2D eigenvalue weighted by atomic mass is 10.1. The molecule has 1 atom stereocenters. The van der Waals surface area contributed by atoms with Crippen molar-refractivity contribution < 1.29 is 18.7 Å². The van der Waals surface area contributed by atoms with Crippen LogP contribution >= 0.6 is 0 Å². The number of carbonyl (C=O) groups excluding carboxylic acids is 1. The van der Waals surface area contributed by atoms with Crippen molar-refractivity contribution in [3.8, 4) is 11.5 Å². The van der Waals surface area contributed by atoms with Crippen LogP contribution in [-0.2, 0) is 0 Å². The molecule has 134 valence electrons. The first kappa shape index (κ1) is 17.7.